The van der Waals surface area contributed by atoms with Crippen LogP contribution in [-0.4, -0.2) is 24.7 Å². The zero-order chi connectivity index (χ0) is 11.1. The second-order valence-corrected chi connectivity index (χ2v) is 4.06. The zero-order valence-electron chi connectivity index (χ0n) is 9.66. The number of ether oxygens (including phenoxy) is 1. The first-order chi connectivity index (χ1) is 7.22. The highest BCUT2D eigenvalue weighted by Gasteiger charge is 2.15. The largest absolute Gasteiger partial charge is 0.466 e. The van der Waals surface area contributed by atoms with Crippen LogP contribution in [0.5, 0.6) is 0 Å². The van der Waals surface area contributed by atoms with Gasteiger partial charge in [-0.1, -0.05) is 12.2 Å². The van der Waals surface area contributed by atoms with Gasteiger partial charge < -0.3 is 10.1 Å². The summed E-state index contributed by atoms with van der Waals surface area (Å²) < 4.78 is 4.91. The van der Waals surface area contributed by atoms with Crippen molar-refractivity contribution in [3.63, 3.8) is 0 Å². The molecule has 1 N–H and O–H groups in total. The van der Waals surface area contributed by atoms with Crippen LogP contribution in [0.3, 0.4) is 0 Å². The van der Waals surface area contributed by atoms with Crippen LogP contribution in [0.15, 0.2) is 12.2 Å². The van der Waals surface area contributed by atoms with Crippen molar-refractivity contribution < 1.29 is 9.53 Å². The highest BCUT2D eigenvalue weighted by molar-refractivity contribution is 5.70. The Hall–Kier alpha value is -0.830. The zero-order valence-corrected chi connectivity index (χ0v) is 9.66. The summed E-state index contributed by atoms with van der Waals surface area (Å²) in [6.45, 7) is 4.34. The Morgan fingerprint density at radius 2 is 2.40 bits per heavy atom. The van der Waals surface area contributed by atoms with Gasteiger partial charge in [0.1, 0.15) is 0 Å². The molecule has 0 heterocycles. The van der Waals surface area contributed by atoms with Gasteiger partial charge in [0, 0.05) is 12.1 Å². The number of hydrogen-bond donors (Lipinski definition) is 1. The van der Waals surface area contributed by atoms with Crippen LogP contribution >= 0.6 is 0 Å². The van der Waals surface area contributed by atoms with Gasteiger partial charge in [0.2, 0.25) is 0 Å². The molecule has 0 aromatic carbocycles. The minimum Gasteiger partial charge on any atom is -0.466 e. The molecule has 0 bridgehead atoms. The van der Waals surface area contributed by atoms with E-state index in [0.717, 1.165) is 12.8 Å². The molecule has 2 atom stereocenters. The summed E-state index contributed by atoms with van der Waals surface area (Å²) in [5.74, 6) is -0.108. The lowest BCUT2D eigenvalue weighted by molar-refractivity contribution is -0.143. The molecule has 1 rings (SSSR count). The van der Waals surface area contributed by atoms with E-state index < -0.39 is 0 Å². The maximum absolute atomic E-state index is 11.2. The van der Waals surface area contributed by atoms with Crippen LogP contribution in [-0.2, 0) is 9.53 Å². The van der Waals surface area contributed by atoms with E-state index in [9.17, 15) is 4.79 Å². The first-order valence-corrected chi connectivity index (χ1v) is 5.79. The Kier molecular flexibility index (Phi) is 5.40. The molecule has 0 radical (unpaired) electrons. The molecule has 0 aromatic heterocycles. The highest BCUT2D eigenvalue weighted by atomic mass is 16.5. The van der Waals surface area contributed by atoms with Crippen LogP contribution in [0, 0.1) is 0 Å². The third kappa shape index (κ3) is 4.98. The SMILES string of the molecule is CCOC(=O)CC(C)NC1CC=CCC1. The molecule has 1 aliphatic carbocycles. The predicted octanol–water partition coefficient (Wildman–Crippen LogP) is 2.03. The normalized spacial score (nSPS) is 22.4. The van der Waals surface area contributed by atoms with Gasteiger partial charge in [0.05, 0.1) is 13.0 Å². The summed E-state index contributed by atoms with van der Waals surface area (Å²) >= 11 is 0. The van der Waals surface area contributed by atoms with Gasteiger partial charge in [-0.2, -0.15) is 0 Å². The van der Waals surface area contributed by atoms with E-state index in [0.29, 0.717) is 19.1 Å². The maximum Gasteiger partial charge on any atom is 0.307 e. The molecule has 3 heteroatoms. The first-order valence-electron chi connectivity index (χ1n) is 5.79. The molecule has 86 valence electrons. The molecule has 2 unspecified atom stereocenters. The maximum atomic E-state index is 11.2. The summed E-state index contributed by atoms with van der Waals surface area (Å²) in [5.41, 5.74) is 0. The quantitative estimate of drug-likeness (QED) is 0.558. The van der Waals surface area contributed by atoms with Crippen molar-refractivity contribution in [3.8, 4) is 0 Å². The van der Waals surface area contributed by atoms with E-state index in [1.165, 1.54) is 6.42 Å². The number of allylic oxidation sites excluding steroid dienone is 1. The van der Waals surface area contributed by atoms with E-state index in [1.807, 2.05) is 13.8 Å². The van der Waals surface area contributed by atoms with Gasteiger partial charge in [-0.25, -0.2) is 0 Å². The average Bonchev–Trinajstić information content (AvgIpc) is 2.19. The minimum absolute atomic E-state index is 0.108. The van der Waals surface area contributed by atoms with Crippen LogP contribution in [0.2, 0.25) is 0 Å². The van der Waals surface area contributed by atoms with E-state index in [1.54, 1.807) is 0 Å². The summed E-state index contributed by atoms with van der Waals surface area (Å²) in [6, 6.07) is 0.736. The lowest BCUT2D eigenvalue weighted by Gasteiger charge is -2.23. The molecule has 0 aliphatic heterocycles. The van der Waals surface area contributed by atoms with Crippen LogP contribution in [0.25, 0.3) is 0 Å². The van der Waals surface area contributed by atoms with Crippen molar-refractivity contribution in [2.45, 2.75) is 51.6 Å². The molecule has 0 saturated heterocycles. The van der Waals surface area contributed by atoms with E-state index in [4.69, 9.17) is 4.74 Å². The molecule has 0 aromatic rings. The third-order valence-electron chi connectivity index (χ3n) is 2.57. The molecule has 3 nitrogen and oxygen atoms in total. The molecule has 0 saturated carbocycles. The summed E-state index contributed by atoms with van der Waals surface area (Å²) in [5, 5.41) is 3.46. The van der Waals surface area contributed by atoms with Crippen LogP contribution in [0.4, 0.5) is 0 Å². The smallest absolute Gasteiger partial charge is 0.307 e. The molecule has 0 fully saturated rings. The van der Waals surface area contributed by atoms with Gasteiger partial charge in [-0.15, -0.1) is 0 Å². The second-order valence-electron chi connectivity index (χ2n) is 4.06. The summed E-state index contributed by atoms with van der Waals surface area (Å²) in [6.07, 6.45) is 8.28. The van der Waals surface area contributed by atoms with Crippen molar-refractivity contribution in [1.29, 1.82) is 0 Å². The molecule has 15 heavy (non-hydrogen) atoms. The topological polar surface area (TPSA) is 38.3 Å². The molecular formula is C12H21NO2. The fourth-order valence-corrected chi connectivity index (χ4v) is 1.88. The Morgan fingerprint density at radius 1 is 1.60 bits per heavy atom. The lowest BCUT2D eigenvalue weighted by Crippen LogP contribution is -2.38. The Labute approximate surface area is 91.9 Å². The number of carbonyl (C=O) groups excluding carboxylic acids is 1. The molecule has 1 aliphatic rings. The number of carbonyl (C=O) groups is 1. The standard InChI is InChI=1S/C12H21NO2/c1-3-15-12(14)9-10(2)13-11-7-5-4-6-8-11/h4-5,10-11,13H,3,6-9H2,1-2H3. The fraction of sp³-hybridized carbons (Fsp3) is 0.750. The van der Waals surface area contributed by atoms with Gasteiger partial charge in [0.25, 0.3) is 0 Å². The average molecular weight is 211 g/mol. The van der Waals surface area contributed by atoms with Gasteiger partial charge in [-0.3, -0.25) is 4.79 Å². The second kappa shape index (κ2) is 6.62. The predicted molar refractivity (Wildman–Crippen MR) is 60.6 cm³/mol. The van der Waals surface area contributed by atoms with Gasteiger partial charge >= 0.3 is 5.97 Å². The number of nitrogens with one attached hydrogen (secondary N) is 1. The molecule has 0 amide bonds. The van der Waals surface area contributed by atoms with Gasteiger partial charge in [-0.05, 0) is 33.1 Å². The number of rotatable bonds is 5. The van der Waals surface area contributed by atoms with Crippen molar-refractivity contribution >= 4 is 5.97 Å². The highest BCUT2D eigenvalue weighted by Crippen LogP contribution is 2.11. The van der Waals surface area contributed by atoms with Crippen molar-refractivity contribution in [3.05, 3.63) is 12.2 Å². The first kappa shape index (κ1) is 12.2. The Balaban J connectivity index is 2.19. The van der Waals surface area contributed by atoms with Gasteiger partial charge in [0.15, 0.2) is 0 Å². The van der Waals surface area contributed by atoms with Crippen molar-refractivity contribution in [1.82, 2.24) is 5.32 Å². The minimum atomic E-state index is -0.108. The summed E-state index contributed by atoms with van der Waals surface area (Å²) in [4.78, 5) is 11.2. The Bertz CT molecular complexity index is 226. The fourth-order valence-electron chi connectivity index (χ4n) is 1.88. The number of hydrogen-bond acceptors (Lipinski definition) is 3. The third-order valence-corrected chi connectivity index (χ3v) is 2.57. The van der Waals surface area contributed by atoms with E-state index >= 15 is 0 Å². The van der Waals surface area contributed by atoms with E-state index in [-0.39, 0.29) is 12.0 Å². The number of esters is 1. The van der Waals surface area contributed by atoms with Crippen LogP contribution < -0.4 is 5.32 Å². The van der Waals surface area contributed by atoms with Crippen molar-refractivity contribution in [2.75, 3.05) is 6.61 Å². The molecular weight excluding hydrogens is 190 g/mol. The Morgan fingerprint density at radius 3 is 3.00 bits per heavy atom. The van der Waals surface area contributed by atoms with E-state index in [2.05, 4.69) is 17.5 Å². The monoisotopic (exact) mass is 211 g/mol. The lowest BCUT2D eigenvalue weighted by atomic mass is 10.0. The summed E-state index contributed by atoms with van der Waals surface area (Å²) in [7, 11) is 0. The van der Waals surface area contributed by atoms with Crippen molar-refractivity contribution in [2.24, 2.45) is 0 Å². The molecule has 0 spiro atoms. The van der Waals surface area contributed by atoms with Crippen LogP contribution in [0.1, 0.15) is 39.5 Å².